The summed E-state index contributed by atoms with van der Waals surface area (Å²) in [6, 6.07) is 5.95. The topological polar surface area (TPSA) is 50.2 Å². The first kappa shape index (κ1) is 14.6. The predicted molar refractivity (Wildman–Crippen MR) is 86.9 cm³/mol. The van der Waals surface area contributed by atoms with Crippen molar-refractivity contribution in [2.24, 2.45) is 7.05 Å². The lowest BCUT2D eigenvalue weighted by Gasteiger charge is -2.20. The van der Waals surface area contributed by atoms with Crippen molar-refractivity contribution in [2.45, 2.75) is 26.3 Å². The molecule has 2 aromatic rings. The molecule has 0 unspecified atom stereocenters. The third kappa shape index (κ3) is 2.84. The van der Waals surface area contributed by atoms with E-state index >= 15 is 0 Å². The molecule has 1 aromatic heterocycles. The zero-order chi connectivity index (χ0) is 15.5. The molecule has 0 bridgehead atoms. The Kier molecular flexibility index (Phi) is 4.13. The van der Waals surface area contributed by atoms with Gasteiger partial charge in [0.15, 0.2) is 0 Å². The summed E-state index contributed by atoms with van der Waals surface area (Å²) in [7, 11) is 1.97. The zero-order valence-corrected chi connectivity index (χ0v) is 13.2. The van der Waals surface area contributed by atoms with Gasteiger partial charge in [0.2, 0.25) is 0 Å². The fourth-order valence-corrected chi connectivity index (χ4v) is 2.92. The van der Waals surface area contributed by atoms with Crippen molar-refractivity contribution in [3.8, 4) is 0 Å². The average Bonchev–Trinajstić information content (AvgIpc) is 3.16. The third-order valence-corrected chi connectivity index (χ3v) is 4.24. The lowest BCUT2D eigenvalue weighted by atomic mass is 10.0. The monoisotopic (exact) mass is 298 g/mol. The average molecular weight is 298 g/mol. The molecule has 1 saturated heterocycles. The van der Waals surface area contributed by atoms with E-state index in [9.17, 15) is 4.79 Å². The normalized spacial score (nSPS) is 14.4. The maximum absolute atomic E-state index is 12.8. The molecular weight excluding hydrogens is 276 g/mol. The molecule has 0 radical (unpaired) electrons. The first-order valence-electron chi connectivity index (χ1n) is 7.76. The van der Waals surface area contributed by atoms with Gasteiger partial charge in [-0.2, -0.15) is 0 Å². The van der Waals surface area contributed by atoms with Crippen LogP contribution in [0.2, 0.25) is 0 Å². The molecule has 1 aromatic carbocycles. The molecule has 5 heteroatoms. The number of likely N-dealkylation sites (tertiary alicyclic amines) is 1. The maximum atomic E-state index is 12.8. The number of amides is 1. The summed E-state index contributed by atoms with van der Waals surface area (Å²) in [6.07, 6.45) is 5.91. The molecular formula is C17H22N4O. The first-order valence-corrected chi connectivity index (χ1v) is 7.76. The molecule has 22 heavy (non-hydrogen) atoms. The van der Waals surface area contributed by atoms with Gasteiger partial charge in [0, 0.05) is 38.2 Å². The Labute approximate surface area is 131 Å². The predicted octanol–water partition coefficient (Wildman–Crippen LogP) is 2.58. The molecule has 0 aliphatic carbocycles. The molecule has 0 saturated carbocycles. The standard InChI is InChI=1S/C17H22N4O/c1-13-6-5-7-14(19-12-15-18-8-11-20(15)2)16(13)17(22)21-9-3-4-10-21/h5-8,11,19H,3-4,9-10,12H2,1-2H3. The van der Waals surface area contributed by atoms with Gasteiger partial charge < -0.3 is 14.8 Å². The van der Waals surface area contributed by atoms with Crippen LogP contribution in [0.3, 0.4) is 0 Å². The van der Waals surface area contributed by atoms with E-state index in [2.05, 4.69) is 10.3 Å². The Morgan fingerprint density at radius 1 is 1.32 bits per heavy atom. The summed E-state index contributed by atoms with van der Waals surface area (Å²) in [6.45, 7) is 4.33. The molecule has 0 spiro atoms. The SMILES string of the molecule is Cc1cccc(NCc2nccn2C)c1C(=O)N1CCCC1. The lowest BCUT2D eigenvalue weighted by molar-refractivity contribution is 0.0793. The van der Waals surface area contributed by atoms with Crippen LogP contribution in [0.15, 0.2) is 30.6 Å². The summed E-state index contributed by atoms with van der Waals surface area (Å²) in [5.74, 6) is 1.08. The second kappa shape index (κ2) is 6.22. The van der Waals surface area contributed by atoms with Crippen LogP contribution in [0.1, 0.15) is 34.6 Å². The molecule has 0 atom stereocenters. The van der Waals surface area contributed by atoms with Crippen LogP contribution in [0.4, 0.5) is 5.69 Å². The molecule has 3 rings (SSSR count). The Morgan fingerprint density at radius 3 is 2.77 bits per heavy atom. The number of hydrogen-bond acceptors (Lipinski definition) is 3. The van der Waals surface area contributed by atoms with Crippen LogP contribution in [-0.4, -0.2) is 33.4 Å². The Morgan fingerprint density at radius 2 is 2.09 bits per heavy atom. The molecule has 2 heterocycles. The summed E-state index contributed by atoms with van der Waals surface area (Å²) >= 11 is 0. The van der Waals surface area contributed by atoms with E-state index in [0.717, 1.165) is 48.6 Å². The highest BCUT2D eigenvalue weighted by Crippen LogP contribution is 2.24. The minimum atomic E-state index is 0.137. The van der Waals surface area contributed by atoms with Crippen molar-refractivity contribution < 1.29 is 4.79 Å². The third-order valence-electron chi connectivity index (χ3n) is 4.24. The Balaban J connectivity index is 1.83. The minimum absolute atomic E-state index is 0.137. The van der Waals surface area contributed by atoms with Crippen LogP contribution < -0.4 is 5.32 Å². The number of carbonyl (C=O) groups excluding carboxylic acids is 1. The quantitative estimate of drug-likeness (QED) is 0.944. The number of nitrogens with one attached hydrogen (secondary N) is 1. The highest BCUT2D eigenvalue weighted by atomic mass is 16.2. The van der Waals surface area contributed by atoms with Gasteiger partial charge in [0.25, 0.3) is 5.91 Å². The van der Waals surface area contributed by atoms with Crippen molar-refractivity contribution in [2.75, 3.05) is 18.4 Å². The number of aryl methyl sites for hydroxylation is 2. The molecule has 116 valence electrons. The highest BCUT2D eigenvalue weighted by Gasteiger charge is 2.23. The second-order valence-electron chi connectivity index (χ2n) is 5.80. The van der Waals surface area contributed by atoms with Crippen molar-refractivity contribution in [3.63, 3.8) is 0 Å². The summed E-state index contributed by atoms with van der Waals surface area (Å²) in [5, 5.41) is 3.37. The van der Waals surface area contributed by atoms with E-state index in [0.29, 0.717) is 6.54 Å². The number of anilines is 1. The maximum Gasteiger partial charge on any atom is 0.256 e. The number of benzene rings is 1. The van der Waals surface area contributed by atoms with Crippen molar-refractivity contribution >= 4 is 11.6 Å². The van der Waals surface area contributed by atoms with Gasteiger partial charge in [0.1, 0.15) is 5.82 Å². The van der Waals surface area contributed by atoms with Crippen LogP contribution in [0.5, 0.6) is 0 Å². The van der Waals surface area contributed by atoms with E-state index < -0.39 is 0 Å². The summed E-state index contributed by atoms with van der Waals surface area (Å²) < 4.78 is 1.98. The van der Waals surface area contributed by atoms with Crippen LogP contribution in [-0.2, 0) is 13.6 Å². The number of rotatable bonds is 4. The van der Waals surface area contributed by atoms with E-state index in [1.54, 1.807) is 6.20 Å². The van der Waals surface area contributed by atoms with Crippen molar-refractivity contribution in [1.29, 1.82) is 0 Å². The van der Waals surface area contributed by atoms with Crippen LogP contribution in [0, 0.1) is 6.92 Å². The van der Waals surface area contributed by atoms with Crippen molar-refractivity contribution in [3.05, 3.63) is 47.5 Å². The van der Waals surface area contributed by atoms with Gasteiger partial charge in [-0.1, -0.05) is 12.1 Å². The smallest absolute Gasteiger partial charge is 0.256 e. The number of imidazole rings is 1. The molecule has 1 amide bonds. The first-order chi connectivity index (χ1) is 10.7. The zero-order valence-electron chi connectivity index (χ0n) is 13.2. The summed E-state index contributed by atoms with van der Waals surface area (Å²) in [5.41, 5.74) is 2.69. The van der Waals surface area contributed by atoms with E-state index in [-0.39, 0.29) is 5.91 Å². The number of nitrogens with zero attached hydrogens (tertiary/aromatic N) is 3. The minimum Gasteiger partial charge on any atom is -0.377 e. The van der Waals surface area contributed by atoms with Gasteiger partial charge in [0.05, 0.1) is 12.1 Å². The largest absolute Gasteiger partial charge is 0.377 e. The molecule has 5 nitrogen and oxygen atoms in total. The van der Waals surface area contributed by atoms with Crippen molar-refractivity contribution in [1.82, 2.24) is 14.5 Å². The molecule has 1 N–H and O–H groups in total. The van der Waals surface area contributed by atoms with Gasteiger partial charge in [-0.05, 0) is 31.4 Å². The Hall–Kier alpha value is -2.30. The molecule has 1 aliphatic heterocycles. The fourth-order valence-electron chi connectivity index (χ4n) is 2.92. The second-order valence-corrected chi connectivity index (χ2v) is 5.80. The van der Waals surface area contributed by atoms with E-state index in [4.69, 9.17) is 0 Å². The number of carbonyl (C=O) groups is 1. The molecule has 1 fully saturated rings. The van der Waals surface area contributed by atoms with Gasteiger partial charge in [-0.3, -0.25) is 4.79 Å². The fraction of sp³-hybridized carbons (Fsp3) is 0.412. The number of hydrogen-bond donors (Lipinski definition) is 1. The lowest BCUT2D eigenvalue weighted by Crippen LogP contribution is -2.29. The highest BCUT2D eigenvalue weighted by molar-refractivity contribution is 6.01. The van der Waals surface area contributed by atoms with Gasteiger partial charge in [-0.15, -0.1) is 0 Å². The Bertz CT molecular complexity index is 671. The van der Waals surface area contributed by atoms with Crippen LogP contribution in [0.25, 0.3) is 0 Å². The number of aromatic nitrogens is 2. The van der Waals surface area contributed by atoms with Gasteiger partial charge in [-0.25, -0.2) is 4.98 Å². The van der Waals surface area contributed by atoms with Gasteiger partial charge >= 0.3 is 0 Å². The summed E-state index contributed by atoms with van der Waals surface area (Å²) in [4.78, 5) is 19.0. The van der Waals surface area contributed by atoms with Crippen LogP contribution >= 0.6 is 0 Å². The van der Waals surface area contributed by atoms with E-state index in [1.165, 1.54) is 0 Å². The molecule has 1 aliphatic rings. The van der Waals surface area contributed by atoms with E-state index in [1.807, 2.05) is 47.8 Å².